The van der Waals surface area contributed by atoms with Gasteiger partial charge in [-0.2, -0.15) is 0 Å². The minimum absolute atomic E-state index is 0.0253. The van der Waals surface area contributed by atoms with Crippen molar-refractivity contribution < 1.29 is 29.0 Å². The Kier molecular flexibility index (Phi) is 7.03. The number of rotatable bonds is 8. The largest absolute Gasteiger partial charge is 0.506 e. The van der Waals surface area contributed by atoms with Gasteiger partial charge in [-0.05, 0) is 30.7 Å². The fourth-order valence-corrected chi connectivity index (χ4v) is 3.60. The third kappa shape index (κ3) is 4.74. The second-order valence-corrected chi connectivity index (χ2v) is 6.98. The first-order chi connectivity index (χ1) is 15.0. The number of phenolic OH excluding ortho intramolecular Hbond substituents is 1. The molecule has 0 aliphatic rings. The summed E-state index contributed by atoms with van der Waals surface area (Å²) in [5.74, 6) is -1.59. The van der Waals surface area contributed by atoms with Crippen LogP contribution in [0.1, 0.15) is 52.1 Å². The van der Waals surface area contributed by atoms with Gasteiger partial charge in [-0.15, -0.1) is 0 Å². The lowest BCUT2D eigenvalue weighted by Gasteiger charge is -2.19. The molecule has 0 radical (unpaired) electrons. The number of aromatic hydroxyl groups is 1. The zero-order valence-corrected chi connectivity index (χ0v) is 17.5. The highest BCUT2D eigenvalue weighted by molar-refractivity contribution is 6.20. The van der Waals surface area contributed by atoms with E-state index in [-0.39, 0.29) is 36.7 Å². The van der Waals surface area contributed by atoms with Gasteiger partial charge in [0.1, 0.15) is 11.3 Å². The lowest BCUT2D eigenvalue weighted by atomic mass is 9.86. The van der Waals surface area contributed by atoms with Crippen LogP contribution in [0.15, 0.2) is 54.6 Å². The Morgan fingerprint density at radius 2 is 1.52 bits per heavy atom. The van der Waals surface area contributed by atoms with Gasteiger partial charge in [-0.25, -0.2) is 4.79 Å². The SMILES string of the molecule is CCOC(=O)c1c(CCCOC(C)=O)c(C(=O)c2ccccc2)c2ccccc2c1O. The number of ether oxygens (including phenoxy) is 2. The Balaban J connectivity index is 2.25. The van der Waals surface area contributed by atoms with Crippen molar-refractivity contribution in [1.29, 1.82) is 0 Å². The predicted octanol–water partition coefficient (Wildman–Crippen LogP) is 4.45. The van der Waals surface area contributed by atoms with Crippen LogP contribution in [0.2, 0.25) is 0 Å². The minimum atomic E-state index is -0.699. The first-order valence-corrected chi connectivity index (χ1v) is 10.1. The van der Waals surface area contributed by atoms with Crippen molar-refractivity contribution >= 4 is 28.5 Å². The summed E-state index contributed by atoms with van der Waals surface area (Å²) >= 11 is 0. The van der Waals surface area contributed by atoms with E-state index in [2.05, 4.69) is 0 Å². The summed E-state index contributed by atoms with van der Waals surface area (Å²) in [6, 6.07) is 15.7. The van der Waals surface area contributed by atoms with Crippen molar-refractivity contribution in [1.82, 2.24) is 0 Å². The smallest absolute Gasteiger partial charge is 0.342 e. The molecule has 0 spiro atoms. The standard InChI is InChI=1S/C25H24O6/c1-3-30-25(29)22-20(14-9-15-31-16(2)26)21(23(27)17-10-5-4-6-11-17)18-12-7-8-13-19(18)24(22)28/h4-8,10-13,28H,3,9,14-15H2,1-2H3. The first-order valence-electron chi connectivity index (χ1n) is 10.1. The van der Waals surface area contributed by atoms with Gasteiger partial charge in [-0.1, -0.05) is 54.6 Å². The minimum Gasteiger partial charge on any atom is -0.506 e. The maximum atomic E-state index is 13.5. The van der Waals surface area contributed by atoms with Gasteiger partial charge in [0.25, 0.3) is 0 Å². The van der Waals surface area contributed by atoms with E-state index >= 15 is 0 Å². The summed E-state index contributed by atoms with van der Waals surface area (Å²) in [7, 11) is 0. The molecule has 0 atom stereocenters. The summed E-state index contributed by atoms with van der Waals surface area (Å²) in [6.45, 7) is 3.24. The van der Waals surface area contributed by atoms with E-state index in [4.69, 9.17) is 9.47 Å². The molecular weight excluding hydrogens is 396 g/mol. The molecule has 6 heteroatoms. The summed E-state index contributed by atoms with van der Waals surface area (Å²) in [5.41, 5.74) is 1.16. The maximum absolute atomic E-state index is 13.5. The molecule has 0 saturated carbocycles. The van der Waals surface area contributed by atoms with E-state index in [1.807, 2.05) is 6.07 Å². The van der Waals surface area contributed by atoms with Gasteiger partial charge in [0.15, 0.2) is 5.78 Å². The number of hydrogen-bond donors (Lipinski definition) is 1. The van der Waals surface area contributed by atoms with Crippen LogP contribution in [0, 0.1) is 0 Å². The molecule has 0 aliphatic carbocycles. The zero-order valence-electron chi connectivity index (χ0n) is 17.5. The molecule has 6 nitrogen and oxygen atoms in total. The van der Waals surface area contributed by atoms with Crippen molar-refractivity contribution in [3.05, 3.63) is 76.9 Å². The number of hydrogen-bond acceptors (Lipinski definition) is 6. The normalized spacial score (nSPS) is 10.6. The summed E-state index contributed by atoms with van der Waals surface area (Å²) in [6.07, 6.45) is 0.618. The number of fused-ring (bicyclic) bond motifs is 1. The van der Waals surface area contributed by atoms with Crippen LogP contribution in [-0.4, -0.2) is 36.0 Å². The molecule has 1 N–H and O–H groups in total. The Hall–Kier alpha value is -3.67. The van der Waals surface area contributed by atoms with Crippen LogP contribution in [0.5, 0.6) is 5.75 Å². The molecule has 0 fully saturated rings. The van der Waals surface area contributed by atoms with Crippen LogP contribution in [0.4, 0.5) is 0 Å². The van der Waals surface area contributed by atoms with E-state index in [1.54, 1.807) is 55.5 Å². The van der Waals surface area contributed by atoms with Gasteiger partial charge in [0.05, 0.1) is 13.2 Å². The van der Waals surface area contributed by atoms with E-state index in [9.17, 15) is 19.5 Å². The van der Waals surface area contributed by atoms with Gasteiger partial charge in [-0.3, -0.25) is 9.59 Å². The molecule has 3 aromatic carbocycles. The molecule has 0 unspecified atom stereocenters. The third-order valence-corrected chi connectivity index (χ3v) is 4.91. The fraction of sp³-hybridized carbons (Fsp3) is 0.240. The maximum Gasteiger partial charge on any atom is 0.342 e. The van der Waals surface area contributed by atoms with Crippen molar-refractivity contribution in [3.8, 4) is 5.75 Å². The molecule has 0 heterocycles. The zero-order chi connectivity index (χ0) is 22.4. The number of esters is 2. The molecule has 3 rings (SSSR count). The first kappa shape index (κ1) is 22.0. The highest BCUT2D eigenvalue weighted by atomic mass is 16.5. The molecule has 31 heavy (non-hydrogen) atoms. The van der Waals surface area contributed by atoms with Crippen LogP contribution in [-0.2, 0) is 20.7 Å². The van der Waals surface area contributed by atoms with Gasteiger partial charge in [0.2, 0.25) is 0 Å². The summed E-state index contributed by atoms with van der Waals surface area (Å²) in [5, 5.41) is 11.9. The summed E-state index contributed by atoms with van der Waals surface area (Å²) < 4.78 is 10.2. The number of phenols is 1. The molecule has 0 saturated heterocycles. The van der Waals surface area contributed by atoms with Gasteiger partial charge in [0, 0.05) is 23.4 Å². The van der Waals surface area contributed by atoms with Crippen LogP contribution in [0.3, 0.4) is 0 Å². The Bertz CT molecular complexity index is 1120. The lowest BCUT2D eigenvalue weighted by Crippen LogP contribution is -2.16. The molecule has 0 aliphatic heterocycles. The van der Waals surface area contributed by atoms with Crippen molar-refractivity contribution in [3.63, 3.8) is 0 Å². The Morgan fingerprint density at radius 1 is 0.871 bits per heavy atom. The van der Waals surface area contributed by atoms with Crippen molar-refractivity contribution in [2.45, 2.75) is 26.7 Å². The quantitative estimate of drug-likeness (QED) is 0.329. The second kappa shape index (κ2) is 9.89. The molecule has 0 aromatic heterocycles. The molecule has 0 amide bonds. The van der Waals surface area contributed by atoms with E-state index in [0.717, 1.165) is 0 Å². The van der Waals surface area contributed by atoms with Gasteiger partial charge >= 0.3 is 11.9 Å². The van der Waals surface area contributed by atoms with Crippen molar-refractivity contribution in [2.75, 3.05) is 13.2 Å². The highest BCUT2D eigenvalue weighted by Crippen LogP contribution is 2.38. The number of benzene rings is 3. The van der Waals surface area contributed by atoms with E-state index in [0.29, 0.717) is 33.9 Å². The van der Waals surface area contributed by atoms with Crippen LogP contribution >= 0.6 is 0 Å². The lowest BCUT2D eigenvalue weighted by molar-refractivity contribution is -0.141. The number of ketones is 1. The van der Waals surface area contributed by atoms with Gasteiger partial charge < -0.3 is 14.6 Å². The van der Waals surface area contributed by atoms with Crippen LogP contribution in [0.25, 0.3) is 10.8 Å². The van der Waals surface area contributed by atoms with Crippen LogP contribution < -0.4 is 0 Å². The molecular formula is C25H24O6. The number of carbonyl (C=O) groups is 3. The fourth-order valence-electron chi connectivity index (χ4n) is 3.60. The van der Waals surface area contributed by atoms with Crippen molar-refractivity contribution in [2.24, 2.45) is 0 Å². The molecule has 160 valence electrons. The summed E-state index contributed by atoms with van der Waals surface area (Å²) in [4.78, 5) is 37.5. The predicted molar refractivity (Wildman–Crippen MR) is 116 cm³/mol. The average Bonchev–Trinajstić information content (AvgIpc) is 2.77. The molecule has 0 bridgehead atoms. The highest BCUT2D eigenvalue weighted by Gasteiger charge is 2.28. The Labute approximate surface area is 180 Å². The number of carbonyl (C=O) groups excluding carboxylic acids is 3. The third-order valence-electron chi connectivity index (χ3n) is 4.91. The second-order valence-electron chi connectivity index (χ2n) is 6.98. The monoisotopic (exact) mass is 420 g/mol. The molecule has 3 aromatic rings. The van der Waals surface area contributed by atoms with E-state index < -0.39 is 11.9 Å². The Morgan fingerprint density at radius 3 is 2.16 bits per heavy atom. The topological polar surface area (TPSA) is 89.9 Å². The average molecular weight is 420 g/mol. The van der Waals surface area contributed by atoms with E-state index in [1.165, 1.54) is 6.92 Å².